The predicted octanol–water partition coefficient (Wildman–Crippen LogP) is 3.15. The third-order valence-corrected chi connectivity index (χ3v) is 10.6. The van der Waals surface area contributed by atoms with Gasteiger partial charge < -0.3 is 15.9 Å². The molecule has 5 fully saturated rings. The number of aliphatic hydroxyl groups excluding tert-OH is 2. The smallest absolute Gasteiger partial charge is 0.0751 e. The molecule has 0 radical (unpaired) electrons. The molecule has 4 nitrogen and oxygen atoms in total. The van der Waals surface area contributed by atoms with Gasteiger partial charge in [0.2, 0.25) is 0 Å². The van der Waals surface area contributed by atoms with Gasteiger partial charge in [0.25, 0.3) is 0 Å². The van der Waals surface area contributed by atoms with Crippen LogP contribution >= 0.6 is 0 Å². The Morgan fingerprint density at radius 3 is 2.39 bits per heavy atom. The Balaban J connectivity index is 1.40. The highest BCUT2D eigenvalue weighted by atomic mass is 16.3. The fourth-order valence-corrected chi connectivity index (χ4v) is 8.94. The Morgan fingerprint density at radius 2 is 1.64 bits per heavy atom. The summed E-state index contributed by atoms with van der Waals surface area (Å²) >= 11 is 0. The lowest BCUT2D eigenvalue weighted by Crippen LogP contribution is -2.58. The number of aliphatic hydroxyl groups is 2. The lowest BCUT2D eigenvalue weighted by atomic mass is 9.44. The van der Waals surface area contributed by atoms with Gasteiger partial charge in [-0.05, 0) is 105 Å². The van der Waals surface area contributed by atoms with E-state index < -0.39 is 0 Å². The third-order valence-electron chi connectivity index (χ3n) is 10.6. The van der Waals surface area contributed by atoms with Gasteiger partial charge in [0.05, 0.1) is 12.2 Å². The first kappa shape index (κ1) is 19.8. The summed E-state index contributed by atoms with van der Waals surface area (Å²) in [5.74, 6) is 2.77. The monoisotopic (exact) mass is 390 g/mol. The molecule has 10 atom stereocenters. The summed E-state index contributed by atoms with van der Waals surface area (Å²) < 4.78 is 0. The van der Waals surface area contributed by atoms with Crippen LogP contribution in [0.3, 0.4) is 0 Å². The number of likely N-dealkylation sites (tertiary alicyclic amines) is 1. The lowest BCUT2D eigenvalue weighted by Gasteiger charge is -2.61. The maximum Gasteiger partial charge on any atom is 0.0751 e. The number of rotatable bonds is 1. The van der Waals surface area contributed by atoms with E-state index in [0.717, 1.165) is 24.7 Å². The Bertz CT molecular complexity index is 593. The maximum absolute atomic E-state index is 11.5. The number of hydrogen-bond donors (Lipinski definition) is 3. The molecule has 5 aliphatic rings. The quantitative estimate of drug-likeness (QED) is 0.643. The highest BCUT2D eigenvalue weighted by Gasteiger charge is 2.63. The van der Waals surface area contributed by atoms with Gasteiger partial charge in [0.1, 0.15) is 0 Å². The first-order chi connectivity index (χ1) is 13.3. The standard InChI is InChI=1S/C24H42N2O2/c1-23-9-8-17-16(7-6-15-12-21(27)19(25)14-24(15,17)2)18(23)13-20(22(23)28)26-10-4-3-5-11-26/h15-22,27-28H,3-14,25H2,1-2H3/t15?,16-,17-,18+,19?,20?,21?,22?,23+,24+/m1/s1. The molecule has 4 saturated carbocycles. The van der Waals surface area contributed by atoms with Crippen LogP contribution in [0.1, 0.15) is 78.1 Å². The van der Waals surface area contributed by atoms with Gasteiger partial charge in [0.15, 0.2) is 0 Å². The van der Waals surface area contributed by atoms with Gasteiger partial charge >= 0.3 is 0 Å². The summed E-state index contributed by atoms with van der Waals surface area (Å²) in [6, 6.07) is 0.332. The molecule has 0 bridgehead atoms. The minimum Gasteiger partial charge on any atom is -0.392 e. The predicted molar refractivity (Wildman–Crippen MR) is 112 cm³/mol. The molecule has 0 spiro atoms. The van der Waals surface area contributed by atoms with Crippen molar-refractivity contribution in [2.24, 2.45) is 40.2 Å². The zero-order valence-electron chi connectivity index (χ0n) is 18.0. The van der Waals surface area contributed by atoms with Crippen LogP contribution in [0.4, 0.5) is 0 Å². The molecule has 4 heteroatoms. The van der Waals surface area contributed by atoms with Crippen molar-refractivity contribution >= 4 is 0 Å². The van der Waals surface area contributed by atoms with Crippen molar-refractivity contribution < 1.29 is 10.2 Å². The van der Waals surface area contributed by atoms with Crippen molar-refractivity contribution in [2.45, 2.75) is 102 Å². The molecule has 4 aliphatic carbocycles. The molecular formula is C24H42N2O2. The Kier molecular flexibility index (Phi) is 4.90. The van der Waals surface area contributed by atoms with Gasteiger partial charge in [-0.2, -0.15) is 0 Å². The second-order valence-electron chi connectivity index (χ2n) is 11.7. The Morgan fingerprint density at radius 1 is 0.893 bits per heavy atom. The fraction of sp³-hybridized carbons (Fsp3) is 1.00. The maximum atomic E-state index is 11.5. The third kappa shape index (κ3) is 2.77. The molecule has 1 saturated heterocycles. The van der Waals surface area contributed by atoms with E-state index in [1.165, 1.54) is 64.5 Å². The first-order valence-electron chi connectivity index (χ1n) is 12.2. The van der Waals surface area contributed by atoms with E-state index in [2.05, 4.69) is 18.7 Å². The zero-order valence-corrected chi connectivity index (χ0v) is 18.0. The highest BCUT2D eigenvalue weighted by Crippen LogP contribution is 2.66. The molecule has 0 aromatic rings. The van der Waals surface area contributed by atoms with Crippen molar-refractivity contribution in [3.05, 3.63) is 0 Å². The summed E-state index contributed by atoms with van der Waals surface area (Å²) in [7, 11) is 0. The van der Waals surface area contributed by atoms with Crippen LogP contribution in [0.15, 0.2) is 0 Å². The van der Waals surface area contributed by atoms with Crippen LogP contribution in [0.2, 0.25) is 0 Å². The first-order valence-corrected chi connectivity index (χ1v) is 12.2. The molecule has 1 heterocycles. The lowest BCUT2D eigenvalue weighted by molar-refractivity contribution is -0.139. The van der Waals surface area contributed by atoms with Crippen molar-refractivity contribution in [3.8, 4) is 0 Å². The van der Waals surface area contributed by atoms with Crippen molar-refractivity contribution in [2.75, 3.05) is 13.1 Å². The molecule has 160 valence electrons. The van der Waals surface area contributed by atoms with Crippen molar-refractivity contribution in [1.82, 2.24) is 4.90 Å². The molecule has 28 heavy (non-hydrogen) atoms. The van der Waals surface area contributed by atoms with Crippen LogP contribution in [0, 0.1) is 34.5 Å². The van der Waals surface area contributed by atoms with E-state index in [1.807, 2.05) is 0 Å². The van der Waals surface area contributed by atoms with Gasteiger partial charge in [-0.3, -0.25) is 4.90 Å². The van der Waals surface area contributed by atoms with Crippen molar-refractivity contribution in [1.29, 1.82) is 0 Å². The Labute approximate surface area is 171 Å². The SMILES string of the molecule is C[C@]12CC(N)C(O)CC1CC[C@@H]1[C@H]2CC[C@]2(C)C(O)C(N3CCCCC3)C[C@@H]12. The summed E-state index contributed by atoms with van der Waals surface area (Å²) in [4.78, 5) is 2.63. The highest BCUT2D eigenvalue weighted by molar-refractivity contribution is 5.13. The van der Waals surface area contributed by atoms with E-state index in [-0.39, 0.29) is 29.1 Å². The molecule has 5 unspecified atom stereocenters. The average Bonchev–Trinajstić information content (AvgIpc) is 2.95. The number of piperidine rings is 1. The van der Waals surface area contributed by atoms with Gasteiger partial charge in [-0.25, -0.2) is 0 Å². The number of nitrogens with zero attached hydrogens (tertiary/aromatic N) is 1. The second kappa shape index (κ2) is 6.93. The topological polar surface area (TPSA) is 69.7 Å². The molecule has 5 rings (SSSR count). The number of nitrogens with two attached hydrogens (primary N) is 1. The summed E-state index contributed by atoms with van der Waals surface area (Å²) in [5, 5.41) is 21.8. The van der Waals surface area contributed by atoms with Gasteiger partial charge in [0, 0.05) is 12.1 Å². The van der Waals surface area contributed by atoms with Gasteiger partial charge in [-0.15, -0.1) is 0 Å². The molecule has 1 aliphatic heterocycles. The number of fused-ring (bicyclic) bond motifs is 5. The van der Waals surface area contributed by atoms with Crippen LogP contribution in [0.5, 0.6) is 0 Å². The van der Waals surface area contributed by atoms with Crippen molar-refractivity contribution in [3.63, 3.8) is 0 Å². The number of hydrogen-bond acceptors (Lipinski definition) is 4. The normalized spacial score (nSPS) is 57.3. The van der Waals surface area contributed by atoms with Crippen LogP contribution < -0.4 is 5.73 Å². The second-order valence-corrected chi connectivity index (χ2v) is 11.7. The zero-order chi connectivity index (χ0) is 19.7. The fourth-order valence-electron chi connectivity index (χ4n) is 8.94. The minimum atomic E-state index is -0.305. The molecule has 0 aromatic carbocycles. The molecule has 0 amide bonds. The van der Waals surface area contributed by atoms with E-state index in [0.29, 0.717) is 17.9 Å². The molecule has 0 aromatic heterocycles. The largest absolute Gasteiger partial charge is 0.392 e. The Hall–Kier alpha value is -0.160. The minimum absolute atomic E-state index is 0.0522. The van der Waals surface area contributed by atoms with E-state index >= 15 is 0 Å². The van der Waals surface area contributed by atoms with Gasteiger partial charge in [-0.1, -0.05) is 20.3 Å². The molecular weight excluding hydrogens is 348 g/mol. The molecule has 4 N–H and O–H groups in total. The summed E-state index contributed by atoms with van der Waals surface area (Å²) in [6.07, 6.45) is 11.6. The van der Waals surface area contributed by atoms with E-state index in [9.17, 15) is 10.2 Å². The van der Waals surface area contributed by atoms with E-state index in [1.54, 1.807) is 0 Å². The van der Waals surface area contributed by atoms with Crippen LogP contribution in [-0.2, 0) is 0 Å². The van der Waals surface area contributed by atoms with Crippen LogP contribution in [0.25, 0.3) is 0 Å². The van der Waals surface area contributed by atoms with E-state index in [4.69, 9.17) is 5.73 Å². The van der Waals surface area contributed by atoms with Crippen LogP contribution in [-0.4, -0.2) is 52.5 Å². The summed E-state index contributed by atoms with van der Waals surface area (Å²) in [6.45, 7) is 7.28. The summed E-state index contributed by atoms with van der Waals surface area (Å²) in [5.41, 5.74) is 6.76. The average molecular weight is 391 g/mol.